The van der Waals surface area contributed by atoms with E-state index < -0.39 is 5.60 Å². The van der Waals surface area contributed by atoms with Gasteiger partial charge in [0.25, 0.3) is 0 Å². The Balaban J connectivity index is 1.90. The Labute approximate surface area is 145 Å². The molecule has 1 aliphatic heterocycles. The SMILES string of the molecule is CCC(CC)C1CC(NC(=O)CC(C)(O)c2ccccc2)CCO1. The molecule has 1 heterocycles. The molecule has 2 N–H and O–H groups in total. The largest absolute Gasteiger partial charge is 0.385 e. The third kappa shape index (κ3) is 5.05. The molecule has 1 fully saturated rings. The summed E-state index contributed by atoms with van der Waals surface area (Å²) in [4.78, 5) is 12.4. The molecule has 24 heavy (non-hydrogen) atoms. The maximum atomic E-state index is 12.4. The van der Waals surface area contributed by atoms with E-state index in [4.69, 9.17) is 4.74 Å². The smallest absolute Gasteiger partial charge is 0.223 e. The van der Waals surface area contributed by atoms with Crippen molar-refractivity contribution in [1.29, 1.82) is 0 Å². The van der Waals surface area contributed by atoms with Crippen LogP contribution < -0.4 is 5.32 Å². The van der Waals surface area contributed by atoms with Crippen LogP contribution in [0.5, 0.6) is 0 Å². The minimum Gasteiger partial charge on any atom is -0.385 e. The van der Waals surface area contributed by atoms with Gasteiger partial charge in [-0.25, -0.2) is 0 Å². The van der Waals surface area contributed by atoms with Crippen LogP contribution in [-0.4, -0.2) is 29.8 Å². The Morgan fingerprint density at radius 3 is 2.62 bits per heavy atom. The van der Waals surface area contributed by atoms with Crippen LogP contribution in [-0.2, 0) is 15.1 Å². The average Bonchev–Trinajstić information content (AvgIpc) is 2.56. The van der Waals surface area contributed by atoms with Gasteiger partial charge >= 0.3 is 0 Å². The third-order valence-electron chi connectivity index (χ3n) is 5.16. The van der Waals surface area contributed by atoms with E-state index in [0.29, 0.717) is 12.5 Å². The lowest BCUT2D eigenvalue weighted by molar-refractivity contribution is -0.128. The molecular weight excluding hydrogens is 302 g/mol. The molecule has 1 aliphatic rings. The van der Waals surface area contributed by atoms with Gasteiger partial charge in [-0.1, -0.05) is 57.0 Å². The fraction of sp³-hybridized carbons (Fsp3) is 0.650. The van der Waals surface area contributed by atoms with Gasteiger partial charge in [0.05, 0.1) is 18.1 Å². The Bertz CT molecular complexity index is 511. The highest BCUT2D eigenvalue weighted by Crippen LogP contribution is 2.27. The van der Waals surface area contributed by atoms with Crippen LogP contribution in [0.4, 0.5) is 0 Å². The minimum atomic E-state index is -1.15. The zero-order valence-corrected chi connectivity index (χ0v) is 15.1. The molecule has 4 heteroatoms. The molecule has 0 spiro atoms. The molecule has 3 atom stereocenters. The summed E-state index contributed by atoms with van der Waals surface area (Å²) < 4.78 is 5.90. The van der Waals surface area contributed by atoms with E-state index in [1.165, 1.54) is 0 Å². The van der Waals surface area contributed by atoms with Gasteiger partial charge in [0.1, 0.15) is 0 Å². The van der Waals surface area contributed by atoms with Crippen molar-refractivity contribution in [2.45, 2.75) is 70.6 Å². The molecule has 1 aromatic rings. The Morgan fingerprint density at radius 1 is 1.33 bits per heavy atom. The van der Waals surface area contributed by atoms with Crippen LogP contribution in [0, 0.1) is 5.92 Å². The number of rotatable bonds is 7. The topological polar surface area (TPSA) is 58.6 Å². The lowest BCUT2D eigenvalue weighted by Crippen LogP contribution is -2.45. The monoisotopic (exact) mass is 333 g/mol. The van der Waals surface area contributed by atoms with Crippen molar-refractivity contribution in [2.24, 2.45) is 5.92 Å². The van der Waals surface area contributed by atoms with Gasteiger partial charge < -0.3 is 15.2 Å². The maximum Gasteiger partial charge on any atom is 0.223 e. The van der Waals surface area contributed by atoms with Crippen LogP contribution >= 0.6 is 0 Å². The normalized spacial score (nSPS) is 23.7. The Hall–Kier alpha value is -1.39. The molecule has 0 saturated carbocycles. The Kier molecular flexibility index (Phi) is 6.81. The van der Waals surface area contributed by atoms with Gasteiger partial charge in [-0.05, 0) is 31.2 Å². The second kappa shape index (κ2) is 8.63. The summed E-state index contributed by atoms with van der Waals surface area (Å²) in [6.45, 7) is 6.77. The number of ether oxygens (including phenoxy) is 1. The minimum absolute atomic E-state index is 0.0734. The first kappa shape index (κ1) is 18.9. The zero-order valence-electron chi connectivity index (χ0n) is 15.1. The third-order valence-corrected chi connectivity index (χ3v) is 5.16. The quantitative estimate of drug-likeness (QED) is 0.804. The van der Waals surface area contributed by atoms with E-state index in [0.717, 1.165) is 31.2 Å². The van der Waals surface area contributed by atoms with E-state index >= 15 is 0 Å². The number of nitrogens with one attached hydrogen (secondary N) is 1. The van der Waals surface area contributed by atoms with Gasteiger partial charge in [0.15, 0.2) is 0 Å². The standard InChI is InChI=1S/C20H31NO3/c1-4-15(5-2)18-13-17(11-12-24-18)21-19(22)14-20(3,23)16-9-7-6-8-10-16/h6-10,15,17-18,23H,4-5,11-14H2,1-3H3,(H,21,22). The molecule has 1 saturated heterocycles. The zero-order chi connectivity index (χ0) is 17.6. The highest BCUT2D eigenvalue weighted by atomic mass is 16.5. The van der Waals surface area contributed by atoms with Crippen molar-refractivity contribution in [1.82, 2.24) is 5.32 Å². The average molecular weight is 333 g/mol. The van der Waals surface area contributed by atoms with Crippen molar-refractivity contribution in [3.05, 3.63) is 35.9 Å². The molecule has 2 rings (SSSR count). The number of carbonyl (C=O) groups excluding carboxylic acids is 1. The highest BCUT2D eigenvalue weighted by Gasteiger charge is 2.31. The van der Waals surface area contributed by atoms with Gasteiger partial charge in [-0.3, -0.25) is 4.79 Å². The van der Waals surface area contributed by atoms with Crippen LogP contribution in [0.1, 0.15) is 58.4 Å². The second-order valence-corrected chi connectivity index (χ2v) is 7.09. The molecule has 1 amide bonds. The van der Waals surface area contributed by atoms with E-state index in [9.17, 15) is 9.90 Å². The van der Waals surface area contributed by atoms with Crippen LogP contribution in [0.25, 0.3) is 0 Å². The number of amides is 1. The lowest BCUT2D eigenvalue weighted by Gasteiger charge is -2.35. The summed E-state index contributed by atoms with van der Waals surface area (Å²) in [7, 11) is 0. The molecule has 4 nitrogen and oxygen atoms in total. The highest BCUT2D eigenvalue weighted by molar-refractivity contribution is 5.77. The van der Waals surface area contributed by atoms with Gasteiger partial charge in [0.2, 0.25) is 5.91 Å². The number of benzene rings is 1. The number of carbonyl (C=O) groups is 1. The summed E-state index contributed by atoms with van der Waals surface area (Å²) in [6.07, 6.45) is 4.22. The molecular formula is C20H31NO3. The van der Waals surface area contributed by atoms with E-state index in [1.54, 1.807) is 6.92 Å². The fourth-order valence-corrected chi connectivity index (χ4v) is 3.59. The molecule has 134 valence electrons. The predicted octanol–water partition coefficient (Wildman–Crippen LogP) is 3.38. The van der Waals surface area contributed by atoms with Crippen LogP contribution in [0.2, 0.25) is 0 Å². The van der Waals surface area contributed by atoms with Crippen LogP contribution in [0.15, 0.2) is 30.3 Å². The number of hydrogen-bond donors (Lipinski definition) is 2. The molecule has 0 bridgehead atoms. The fourth-order valence-electron chi connectivity index (χ4n) is 3.59. The molecule has 3 unspecified atom stereocenters. The van der Waals surface area contributed by atoms with Crippen molar-refractivity contribution >= 4 is 5.91 Å². The van der Waals surface area contributed by atoms with Gasteiger partial charge in [-0.15, -0.1) is 0 Å². The first-order chi connectivity index (χ1) is 11.5. The van der Waals surface area contributed by atoms with Crippen molar-refractivity contribution in [3.63, 3.8) is 0 Å². The van der Waals surface area contributed by atoms with Gasteiger partial charge in [-0.2, -0.15) is 0 Å². The summed E-state index contributed by atoms with van der Waals surface area (Å²) in [5, 5.41) is 13.7. The summed E-state index contributed by atoms with van der Waals surface area (Å²) in [5.74, 6) is 0.455. The number of hydrogen-bond acceptors (Lipinski definition) is 3. The first-order valence-corrected chi connectivity index (χ1v) is 9.15. The maximum absolute atomic E-state index is 12.4. The molecule has 0 aliphatic carbocycles. The van der Waals surface area contributed by atoms with Crippen LogP contribution in [0.3, 0.4) is 0 Å². The Morgan fingerprint density at radius 2 is 2.00 bits per heavy atom. The molecule has 0 radical (unpaired) electrons. The van der Waals surface area contributed by atoms with E-state index in [1.807, 2.05) is 30.3 Å². The van der Waals surface area contributed by atoms with E-state index in [2.05, 4.69) is 19.2 Å². The van der Waals surface area contributed by atoms with E-state index in [-0.39, 0.29) is 24.5 Å². The first-order valence-electron chi connectivity index (χ1n) is 9.15. The number of aliphatic hydroxyl groups is 1. The predicted molar refractivity (Wildman–Crippen MR) is 95.6 cm³/mol. The molecule has 1 aromatic carbocycles. The van der Waals surface area contributed by atoms with Crippen molar-refractivity contribution in [3.8, 4) is 0 Å². The second-order valence-electron chi connectivity index (χ2n) is 7.09. The summed E-state index contributed by atoms with van der Waals surface area (Å²) in [5.41, 5.74) is -0.382. The van der Waals surface area contributed by atoms with Crippen molar-refractivity contribution < 1.29 is 14.6 Å². The molecule has 0 aromatic heterocycles. The van der Waals surface area contributed by atoms with Gasteiger partial charge in [0, 0.05) is 12.6 Å². The van der Waals surface area contributed by atoms with Crippen molar-refractivity contribution in [2.75, 3.05) is 6.61 Å². The lowest BCUT2D eigenvalue weighted by atomic mass is 9.88. The summed E-state index contributed by atoms with van der Waals surface area (Å²) in [6, 6.07) is 9.50. The summed E-state index contributed by atoms with van der Waals surface area (Å²) >= 11 is 0.